The van der Waals surface area contributed by atoms with Crippen LogP contribution in [0, 0.1) is 0 Å². The summed E-state index contributed by atoms with van der Waals surface area (Å²) in [7, 11) is 0. The van der Waals surface area contributed by atoms with Crippen LogP contribution in [0.4, 0.5) is 0 Å². The van der Waals surface area contributed by atoms with Crippen LogP contribution in [0.2, 0.25) is 0 Å². The summed E-state index contributed by atoms with van der Waals surface area (Å²) < 4.78 is 13.1. The molecule has 0 aliphatic carbocycles. The molecule has 4 rings (SSSR count). The van der Waals surface area contributed by atoms with Gasteiger partial charge in [-0.15, -0.1) is 0 Å². The van der Waals surface area contributed by atoms with E-state index >= 15 is 0 Å². The van der Waals surface area contributed by atoms with Crippen LogP contribution in [0.5, 0.6) is 17.2 Å². The van der Waals surface area contributed by atoms with Crippen molar-refractivity contribution in [1.29, 1.82) is 0 Å². The van der Waals surface area contributed by atoms with Gasteiger partial charge in [0.2, 0.25) is 0 Å². The number of aromatic nitrogens is 1. The third-order valence-corrected chi connectivity index (χ3v) is 6.38. The largest absolute Gasteiger partial charge is 0.508 e. The Hall–Kier alpha value is -3.85. The van der Waals surface area contributed by atoms with Crippen LogP contribution in [0.15, 0.2) is 63.5 Å². The van der Waals surface area contributed by atoms with E-state index in [2.05, 4.69) is 4.99 Å². The van der Waals surface area contributed by atoms with Gasteiger partial charge in [-0.1, -0.05) is 29.5 Å². The molecule has 1 atom stereocenters. The SMILES string of the molecule is CCOC(=O)C1=C(C)N=c2s/c(=C/c3ccc(O)cc3O)c(=O)n2[C@H]1c1ccccc1OC(C)C. The Kier molecular flexibility index (Phi) is 6.79. The highest BCUT2D eigenvalue weighted by Gasteiger charge is 2.35. The Morgan fingerprint density at radius 3 is 2.66 bits per heavy atom. The number of hydrogen-bond acceptors (Lipinski definition) is 8. The van der Waals surface area contributed by atoms with Crippen LogP contribution >= 0.6 is 11.3 Å². The smallest absolute Gasteiger partial charge is 0.338 e. The molecule has 0 saturated heterocycles. The zero-order valence-corrected chi connectivity index (χ0v) is 20.6. The number of aromatic hydroxyl groups is 2. The van der Waals surface area contributed by atoms with E-state index in [0.717, 1.165) is 11.3 Å². The van der Waals surface area contributed by atoms with Gasteiger partial charge in [0.05, 0.1) is 28.5 Å². The first-order valence-corrected chi connectivity index (χ1v) is 12.0. The number of thiazole rings is 1. The zero-order chi connectivity index (χ0) is 25.3. The van der Waals surface area contributed by atoms with Gasteiger partial charge < -0.3 is 19.7 Å². The molecule has 2 N–H and O–H groups in total. The maximum absolute atomic E-state index is 13.7. The molecule has 1 aliphatic heterocycles. The monoisotopic (exact) mass is 494 g/mol. The number of ether oxygens (including phenoxy) is 2. The second-order valence-electron chi connectivity index (χ2n) is 8.25. The van der Waals surface area contributed by atoms with Crippen LogP contribution in [0.1, 0.15) is 44.9 Å². The van der Waals surface area contributed by atoms with Crippen LogP contribution in [0.3, 0.4) is 0 Å². The van der Waals surface area contributed by atoms with E-state index in [1.54, 1.807) is 19.9 Å². The first-order chi connectivity index (χ1) is 16.7. The van der Waals surface area contributed by atoms with E-state index in [-0.39, 0.29) is 35.3 Å². The van der Waals surface area contributed by atoms with Crippen LogP contribution in [0.25, 0.3) is 6.08 Å². The molecule has 1 aliphatic rings. The highest BCUT2D eigenvalue weighted by Crippen LogP contribution is 2.36. The Morgan fingerprint density at radius 1 is 1.23 bits per heavy atom. The molecule has 0 bridgehead atoms. The molecule has 0 amide bonds. The number of allylic oxidation sites excluding steroid dienone is 1. The zero-order valence-electron chi connectivity index (χ0n) is 19.8. The van der Waals surface area contributed by atoms with Gasteiger partial charge in [0.15, 0.2) is 4.80 Å². The van der Waals surface area contributed by atoms with Crippen molar-refractivity contribution in [2.24, 2.45) is 4.99 Å². The van der Waals surface area contributed by atoms with E-state index in [4.69, 9.17) is 9.47 Å². The van der Waals surface area contributed by atoms with Gasteiger partial charge in [-0.3, -0.25) is 9.36 Å². The number of phenols is 2. The lowest BCUT2D eigenvalue weighted by atomic mass is 9.95. The second kappa shape index (κ2) is 9.79. The number of carbonyl (C=O) groups is 1. The lowest BCUT2D eigenvalue weighted by Crippen LogP contribution is -2.40. The number of rotatable bonds is 6. The van der Waals surface area contributed by atoms with Gasteiger partial charge >= 0.3 is 5.97 Å². The topological polar surface area (TPSA) is 110 Å². The Labute approximate surface area is 205 Å². The van der Waals surface area contributed by atoms with Crippen molar-refractivity contribution in [2.75, 3.05) is 6.61 Å². The Balaban J connectivity index is 1.99. The van der Waals surface area contributed by atoms with Crippen molar-refractivity contribution in [2.45, 2.75) is 39.8 Å². The number of carbonyl (C=O) groups excluding carboxylic acids is 1. The molecule has 2 heterocycles. The molecule has 0 unspecified atom stereocenters. The third kappa shape index (κ3) is 4.72. The molecule has 3 aromatic rings. The van der Waals surface area contributed by atoms with Gasteiger partial charge in [0.1, 0.15) is 23.3 Å². The maximum atomic E-state index is 13.7. The summed E-state index contributed by atoms with van der Waals surface area (Å²) in [4.78, 5) is 31.7. The summed E-state index contributed by atoms with van der Waals surface area (Å²) in [6.45, 7) is 7.42. The van der Waals surface area contributed by atoms with Crippen molar-refractivity contribution in [1.82, 2.24) is 4.57 Å². The molecule has 182 valence electrons. The number of phenolic OH excluding ortho intramolecular Hbond substituents is 2. The number of hydrogen-bond donors (Lipinski definition) is 2. The quantitative estimate of drug-likeness (QED) is 0.510. The molecule has 8 nitrogen and oxygen atoms in total. The van der Waals surface area contributed by atoms with E-state index in [1.165, 1.54) is 28.8 Å². The predicted octanol–water partition coefficient (Wildman–Crippen LogP) is 3.00. The average Bonchev–Trinajstić information content (AvgIpc) is 3.09. The molecule has 0 spiro atoms. The Bertz CT molecular complexity index is 1500. The third-order valence-electron chi connectivity index (χ3n) is 5.39. The Morgan fingerprint density at radius 2 is 1.97 bits per heavy atom. The summed E-state index contributed by atoms with van der Waals surface area (Å²) in [5.41, 5.74) is 1.35. The molecular formula is C26H26N2O6S. The molecule has 0 radical (unpaired) electrons. The van der Waals surface area contributed by atoms with Crippen molar-refractivity contribution in [3.8, 4) is 17.2 Å². The van der Waals surface area contributed by atoms with Crippen molar-refractivity contribution >= 4 is 23.4 Å². The summed E-state index contributed by atoms with van der Waals surface area (Å²) in [6, 6.07) is 10.6. The number of fused-ring (bicyclic) bond motifs is 1. The summed E-state index contributed by atoms with van der Waals surface area (Å²) in [5.74, 6) is -0.248. The second-order valence-corrected chi connectivity index (χ2v) is 9.26. The van der Waals surface area contributed by atoms with Crippen LogP contribution in [-0.2, 0) is 9.53 Å². The fourth-order valence-corrected chi connectivity index (χ4v) is 4.99. The van der Waals surface area contributed by atoms with Gasteiger partial charge in [-0.25, -0.2) is 9.79 Å². The fraction of sp³-hybridized carbons (Fsp3) is 0.269. The van der Waals surface area contributed by atoms with Crippen LogP contribution < -0.4 is 19.6 Å². The number of nitrogens with zero attached hydrogens (tertiary/aromatic N) is 2. The molecule has 0 fully saturated rings. The average molecular weight is 495 g/mol. The normalized spacial score (nSPS) is 15.7. The lowest BCUT2D eigenvalue weighted by molar-refractivity contribution is -0.139. The van der Waals surface area contributed by atoms with E-state index in [1.807, 2.05) is 32.0 Å². The summed E-state index contributed by atoms with van der Waals surface area (Å²) >= 11 is 1.15. The summed E-state index contributed by atoms with van der Waals surface area (Å²) in [5, 5.41) is 19.8. The molecule has 35 heavy (non-hydrogen) atoms. The minimum absolute atomic E-state index is 0.0856. The van der Waals surface area contributed by atoms with Crippen molar-refractivity contribution in [3.63, 3.8) is 0 Å². The molecular weight excluding hydrogens is 468 g/mol. The summed E-state index contributed by atoms with van der Waals surface area (Å²) in [6.07, 6.45) is 1.41. The standard InChI is InChI=1S/C26H26N2O6S/c1-5-33-25(32)22-15(4)27-26-28(23(22)18-8-6-7-9-20(18)34-14(2)3)24(31)21(35-26)12-16-10-11-17(29)13-19(16)30/h6-14,23,29-30H,5H2,1-4H3/b21-12+/t23-/m0/s1. The first-order valence-electron chi connectivity index (χ1n) is 11.2. The van der Waals surface area contributed by atoms with Crippen LogP contribution in [-0.4, -0.2) is 33.5 Å². The molecule has 9 heteroatoms. The van der Waals surface area contributed by atoms with Gasteiger partial charge in [0, 0.05) is 17.2 Å². The highest BCUT2D eigenvalue weighted by atomic mass is 32.1. The lowest BCUT2D eigenvalue weighted by Gasteiger charge is -2.26. The van der Waals surface area contributed by atoms with Crippen molar-refractivity contribution in [3.05, 3.63) is 84.5 Å². The first kappa shape index (κ1) is 24.3. The van der Waals surface area contributed by atoms with E-state index in [0.29, 0.717) is 31.9 Å². The van der Waals surface area contributed by atoms with E-state index in [9.17, 15) is 19.8 Å². The van der Waals surface area contributed by atoms with Gasteiger partial charge in [-0.05, 0) is 52.0 Å². The van der Waals surface area contributed by atoms with Gasteiger partial charge in [0.25, 0.3) is 5.56 Å². The maximum Gasteiger partial charge on any atom is 0.338 e. The predicted molar refractivity (Wildman–Crippen MR) is 132 cm³/mol. The number of benzene rings is 2. The minimum atomic E-state index is -0.809. The number of para-hydroxylation sites is 1. The molecule has 2 aromatic carbocycles. The van der Waals surface area contributed by atoms with Gasteiger partial charge in [-0.2, -0.15) is 0 Å². The molecule has 0 saturated carbocycles. The number of esters is 1. The molecule has 1 aromatic heterocycles. The minimum Gasteiger partial charge on any atom is -0.508 e. The van der Waals surface area contributed by atoms with E-state index < -0.39 is 12.0 Å². The van der Waals surface area contributed by atoms with Crippen molar-refractivity contribution < 1.29 is 24.5 Å². The highest BCUT2D eigenvalue weighted by molar-refractivity contribution is 7.07. The fourth-order valence-electron chi connectivity index (χ4n) is 3.95.